The van der Waals surface area contributed by atoms with Crippen LogP contribution < -0.4 is 5.32 Å². The smallest absolute Gasteiger partial charge is 0.274 e. The van der Waals surface area contributed by atoms with Crippen molar-refractivity contribution in [2.24, 2.45) is 0 Å². The molecule has 0 saturated carbocycles. The fraction of sp³-hybridized carbons (Fsp3) is 0.421. The van der Waals surface area contributed by atoms with Crippen molar-refractivity contribution >= 4 is 11.9 Å². The summed E-state index contributed by atoms with van der Waals surface area (Å²) in [7, 11) is 0. The van der Waals surface area contributed by atoms with E-state index < -0.39 is 5.54 Å². The van der Waals surface area contributed by atoms with E-state index in [1.165, 1.54) is 0 Å². The molecule has 5 heteroatoms. The predicted molar refractivity (Wildman–Crippen MR) is 96.0 cm³/mol. The molecule has 126 valence electrons. The number of rotatable bonds is 4. The van der Waals surface area contributed by atoms with Crippen LogP contribution in [0.25, 0.3) is 11.3 Å². The van der Waals surface area contributed by atoms with Gasteiger partial charge in [-0.05, 0) is 34.6 Å². The Labute approximate surface area is 143 Å². The fourth-order valence-electron chi connectivity index (χ4n) is 3.61. The molecule has 5 nitrogen and oxygen atoms in total. The Morgan fingerprint density at radius 3 is 2.33 bits per heavy atom. The third-order valence-electron chi connectivity index (χ3n) is 4.44. The van der Waals surface area contributed by atoms with Crippen LogP contribution in [0.15, 0.2) is 30.3 Å². The van der Waals surface area contributed by atoms with E-state index in [4.69, 9.17) is 4.98 Å². The number of fused-ring (bicyclic) bond motifs is 1. The summed E-state index contributed by atoms with van der Waals surface area (Å²) >= 11 is 0. The SMILES string of the molecule is CCNc1nc2c(c(-c3ccccc3)n1)C(C)(C)N(C(C)C)C2=O. The van der Waals surface area contributed by atoms with Crippen LogP contribution in [0.1, 0.15) is 50.7 Å². The van der Waals surface area contributed by atoms with E-state index in [1.54, 1.807) is 0 Å². The van der Waals surface area contributed by atoms with Crippen molar-refractivity contribution < 1.29 is 4.79 Å². The van der Waals surface area contributed by atoms with E-state index in [1.807, 2.05) is 56.0 Å². The number of nitrogens with zero attached hydrogens (tertiary/aromatic N) is 3. The Kier molecular flexibility index (Phi) is 4.03. The average Bonchev–Trinajstić information content (AvgIpc) is 2.74. The first-order valence-electron chi connectivity index (χ1n) is 8.43. The lowest BCUT2D eigenvalue weighted by Crippen LogP contribution is -2.43. The first-order chi connectivity index (χ1) is 11.4. The molecule has 0 atom stereocenters. The summed E-state index contributed by atoms with van der Waals surface area (Å²) in [5.41, 5.74) is 2.81. The summed E-state index contributed by atoms with van der Waals surface area (Å²) in [6, 6.07) is 10.1. The maximum absolute atomic E-state index is 13.0. The highest BCUT2D eigenvalue weighted by Crippen LogP contribution is 2.44. The number of carbonyl (C=O) groups is 1. The van der Waals surface area contributed by atoms with Crippen LogP contribution in [-0.4, -0.2) is 33.4 Å². The Morgan fingerprint density at radius 2 is 1.75 bits per heavy atom. The molecule has 1 aromatic carbocycles. The maximum Gasteiger partial charge on any atom is 0.274 e. The van der Waals surface area contributed by atoms with Gasteiger partial charge < -0.3 is 10.2 Å². The van der Waals surface area contributed by atoms with Gasteiger partial charge in [-0.3, -0.25) is 4.79 Å². The standard InChI is InChI=1S/C19H24N4O/c1-6-20-18-21-15(13-10-8-7-9-11-13)14-16(22-18)17(24)23(12(2)3)19(14,4)5/h7-12H,6H2,1-5H3,(H,20,21,22). The van der Waals surface area contributed by atoms with Crippen molar-refractivity contribution in [3.63, 3.8) is 0 Å². The largest absolute Gasteiger partial charge is 0.354 e. The molecule has 0 unspecified atom stereocenters. The van der Waals surface area contributed by atoms with E-state index in [9.17, 15) is 4.79 Å². The molecule has 0 saturated heterocycles. The van der Waals surface area contributed by atoms with Crippen molar-refractivity contribution in [1.82, 2.24) is 14.9 Å². The second kappa shape index (κ2) is 5.89. The van der Waals surface area contributed by atoms with Crippen molar-refractivity contribution in [2.45, 2.75) is 46.2 Å². The van der Waals surface area contributed by atoms with Crippen LogP contribution in [-0.2, 0) is 5.54 Å². The summed E-state index contributed by atoms with van der Waals surface area (Å²) in [4.78, 5) is 24.2. The highest BCUT2D eigenvalue weighted by molar-refractivity contribution is 6.00. The normalized spacial score (nSPS) is 15.8. The molecule has 3 rings (SSSR count). The van der Waals surface area contributed by atoms with Crippen molar-refractivity contribution in [1.29, 1.82) is 0 Å². The van der Waals surface area contributed by atoms with Gasteiger partial charge >= 0.3 is 0 Å². The van der Waals surface area contributed by atoms with E-state index in [0.717, 1.165) is 16.8 Å². The van der Waals surface area contributed by atoms with E-state index >= 15 is 0 Å². The molecule has 0 fully saturated rings. The van der Waals surface area contributed by atoms with E-state index in [2.05, 4.69) is 24.1 Å². The second-order valence-corrected chi connectivity index (χ2v) is 6.84. The Bertz CT molecular complexity index is 768. The second-order valence-electron chi connectivity index (χ2n) is 6.84. The van der Waals surface area contributed by atoms with Crippen LogP contribution in [0.2, 0.25) is 0 Å². The van der Waals surface area contributed by atoms with Crippen LogP contribution >= 0.6 is 0 Å². The lowest BCUT2D eigenvalue weighted by Gasteiger charge is -2.36. The van der Waals surface area contributed by atoms with Gasteiger partial charge in [0, 0.05) is 23.7 Å². The van der Waals surface area contributed by atoms with Crippen molar-refractivity contribution in [3.8, 4) is 11.3 Å². The quantitative estimate of drug-likeness (QED) is 0.932. The number of nitrogens with one attached hydrogen (secondary N) is 1. The van der Waals surface area contributed by atoms with Gasteiger partial charge in [0.2, 0.25) is 5.95 Å². The predicted octanol–water partition coefficient (Wildman–Crippen LogP) is 3.67. The Hall–Kier alpha value is -2.43. The van der Waals surface area contributed by atoms with E-state index in [-0.39, 0.29) is 11.9 Å². The molecule has 0 aliphatic carbocycles. The van der Waals surface area contributed by atoms with Crippen molar-refractivity contribution in [3.05, 3.63) is 41.6 Å². The average molecular weight is 324 g/mol. The number of anilines is 1. The molecule has 1 aromatic heterocycles. The van der Waals surface area contributed by atoms with Crippen molar-refractivity contribution in [2.75, 3.05) is 11.9 Å². The van der Waals surface area contributed by atoms with Gasteiger partial charge in [0.15, 0.2) is 0 Å². The fourth-order valence-corrected chi connectivity index (χ4v) is 3.61. The minimum absolute atomic E-state index is 0.0243. The molecule has 0 radical (unpaired) electrons. The molecular formula is C19H24N4O. The molecule has 1 aliphatic rings. The highest BCUT2D eigenvalue weighted by Gasteiger charge is 2.47. The third kappa shape index (κ3) is 2.44. The number of benzene rings is 1. The molecule has 2 heterocycles. The maximum atomic E-state index is 13.0. The molecule has 24 heavy (non-hydrogen) atoms. The molecule has 0 spiro atoms. The van der Waals surface area contributed by atoms with Crippen LogP contribution in [0.5, 0.6) is 0 Å². The van der Waals surface area contributed by atoms with Crippen LogP contribution in [0.4, 0.5) is 5.95 Å². The molecule has 1 aliphatic heterocycles. The zero-order chi connectivity index (χ0) is 17.5. The number of carbonyl (C=O) groups excluding carboxylic acids is 1. The minimum Gasteiger partial charge on any atom is -0.354 e. The first-order valence-corrected chi connectivity index (χ1v) is 8.43. The minimum atomic E-state index is -0.448. The topological polar surface area (TPSA) is 58.1 Å². The monoisotopic (exact) mass is 324 g/mol. The number of amides is 1. The zero-order valence-corrected chi connectivity index (χ0v) is 14.9. The number of hydrogen-bond acceptors (Lipinski definition) is 4. The Balaban J connectivity index is 2.29. The summed E-state index contributed by atoms with van der Waals surface area (Å²) in [6.45, 7) is 10.9. The molecule has 1 N–H and O–H groups in total. The zero-order valence-electron chi connectivity index (χ0n) is 14.9. The van der Waals surface area contributed by atoms with Gasteiger partial charge in [0.1, 0.15) is 5.69 Å². The summed E-state index contributed by atoms with van der Waals surface area (Å²) < 4.78 is 0. The lowest BCUT2D eigenvalue weighted by atomic mass is 9.90. The molecule has 0 bridgehead atoms. The van der Waals surface area contributed by atoms with Gasteiger partial charge in [-0.2, -0.15) is 0 Å². The van der Waals surface area contributed by atoms with Gasteiger partial charge in [0.05, 0.1) is 11.2 Å². The van der Waals surface area contributed by atoms with Gasteiger partial charge in [-0.15, -0.1) is 0 Å². The highest BCUT2D eigenvalue weighted by atomic mass is 16.2. The number of hydrogen-bond donors (Lipinski definition) is 1. The molecule has 2 aromatic rings. The third-order valence-corrected chi connectivity index (χ3v) is 4.44. The Morgan fingerprint density at radius 1 is 1.12 bits per heavy atom. The van der Waals surface area contributed by atoms with E-state index in [0.29, 0.717) is 18.2 Å². The molecular weight excluding hydrogens is 300 g/mol. The van der Waals surface area contributed by atoms with Gasteiger partial charge in [-0.1, -0.05) is 30.3 Å². The summed E-state index contributed by atoms with van der Waals surface area (Å²) in [5.74, 6) is 0.480. The van der Waals surface area contributed by atoms with Gasteiger partial charge in [0.25, 0.3) is 5.91 Å². The summed E-state index contributed by atoms with van der Waals surface area (Å²) in [5, 5.41) is 3.15. The molecule has 1 amide bonds. The summed E-state index contributed by atoms with van der Waals surface area (Å²) in [6.07, 6.45) is 0. The van der Waals surface area contributed by atoms with Gasteiger partial charge in [-0.25, -0.2) is 9.97 Å². The number of aromatic nitrogens is 2. The van der Waals surface area contributed by atoms with Crippen LogP contribution in [0, 0.1) is 0 Å². The lowest BCUT2D eigenvalue weighted by molar-refractivity contribution is 0.0523. The first kappa shape index (κ1) is 16.4. The van der Waals surface area contributed by atoms with Crippen LogP contribution in [0.3, 0.4) is 0 Å².